The molecule has 0 bridgehead atoms. The molecule has 0 fully saturated rings. The average Bonchev–Trinajstić information content (AvgIpc) is 2.37. The van der Waals surface area contributed by atoms with Crippen LogP contribution in [-0.2, 0) is 4.74 Å². The molecule has 0 radical (unpaired) electrons. The third-order valence-electron chi connectivity index (χ3n) is 2.71. The van der Waals surface area contributed by atoms with Gasteiger partial charge in [-0.3, -0.25) is 0 Å². The van der Waals surface area contributed by atoms with Crippen molar-refractivity contribution in [1.82, 2.24) is 5.32 Å². The quantitative estimate of drug-likeness (QED) is 0.791. The standard InChI is InChI=1S/C16H25FN2O3/c1-11(18)13-10-12(17)6-7-14(13)21-9-5-8-19-15(20)22-16(2,3)4/h6-7,10-11H,5,8-9,18H2,1-4H3,(H,19,20)/t11-/m1/s1. The molecule has 0 aromatic heterocycles. The average molecular weight is 312 g/mol. The number of halogens is 1. The molecule has 0 saturated carbocycles. The number of hydrogen-bond acceptors (Lipinski definition) is 4. The molecule has 1 amide bonds. The Morgan fingerprint density at radius 3 is 2.68 bits per heavy atom. The number of carbonyl (C=O) groups excluding carboxylic acids is 1. The first-order valence-corrected chi connectivity index (χ1v) is 7.34. The Morgan fingerprint density at radius 1 is 1.41 bits per heavy atom. The number of benzene rings is 1. The molecule has 6 heteroatoms. The van der Waals surface area contributed by atoms with Gasteiger partial charge in [-0.05, 0) is 52.3 Å². The molecule has 0 aliphatic heterocycles. The third-order valence-corrected chi connectivity index (χ3v) is 2.71. The largest absolute Gasteiger partial charge is 0.493 e. The van der Waals surface area contributed by atoms with Crippen LogP contribution in [0.4, 0.5) is 9.18 Å². The van der Waals surface area contributed by atoms with Crippen LogP contribution < -0.4 is 15.8 Å². The van der Waals surface area contributed by atoms with E-state index in [1.54, 1.807) is 33.8 Å². The number of ether oxygens (including phenoxy) is 2. The van der Waals surface area contributed by atoms with Crippen molar-refractivity contribution in [2.75, 3.05) is 13.2 Å². The maximum atomic E-state index is 13.2. The fourth-order valence-electron chi connectivity index (χ4n) is 1.77. The molecule has 0 aliphatic rings. The first-order valence-electron chi connectivity index (χ1n) is 7.34. The summed E-state index contributed by atoms with van der Waals surface area (Å²) in [4.78, 5) is 11.4. The molecule has 22 heavy (non-hydrogen) atoms. The normalized spacial score (nSPS) is 12.6. The smallest absolute Gasteiger partial charge is 0.407 e. The van der Waals surface area contributed by atoms with Gasteiger partial charge in [-0.15, -0.1) is 0 Å². The van der Waals surface area contributed by atoms with Crippen LogP contribution >= 0.6 is 0 Å². The minimum Gasteiger partial charge on any atom is -0.493 e. The first kappa shape index (κ1) is 18.2. The van der Waals surface area contributed by atoms with Gasteiger partial charge >= 0.3 is 6.09 Å². The van der Waals surface area contributed by atoms with Gasteiger partial charge in [-0.1, -0.05) is 0 Å². The molecular weight excluding hydrogens is 287 g/mol. The van der Waals surface area contributed by atoms with Gasteiger partial charge < -0.3 is 20.5 Å². The van der Waals surface area contributed by atoms with Crippen LogP contribution in [0.1, 0.15) is 45.7 Å². The summed E-state index contributed by atoms with van der Waals surface area (Å²) < 4.78 is 23.9. The SMILES string of the molecule is C[C@@H](N)c1cc(F)ccc1OCCCNC(=O)OC(C)(C)C. The van der Waals surface area contributed by atoms with Gasteiger partial charge in [-0.25, -0.2) is 9.18 Å². The lowest BCUT2D eigenvalue weighted by Crippen LogP contribution is -2.33. The predicted octanol–water partition coefficient (Wildman–Crippen LogP) is 3.14. The number of nitrogens with one attached hydrogen (secondary N) is 1. The molecule has 1 atom stereocenters. The van der Waals surface area contributed by atoms with E-state index < -0.39 is 11.7 Å². The zero-order valence-corrected chi connectivity index (χ0v) is 13.6. The molecule has 124 valence electrons. The first-order chi connectivity index (χ1) is 10.2. The van der Waals surface area contributed by atoms with Crippen molar-refractivity contribution in [1.29, 1.82) is 0 Å². The molecule has 1 rings (SSSR count). The monoisotopic (exact) mass is 312 g/mol. The van der Waals surface area contributed by atoms with E-state index >= 15 is 0 Å². The lowest BCUT2D eigenvalue weighted by atomic mass is 10.1. The van der Waals surface area contributed by atoms with Crippen LogP contribution in [0.15, 0.2) is 18.2 Å². The number of hydrogen-bond donors (Lipinski definition) is 2. The highest BCUT2D eigenvalue weighted by molar-refractivity contribution is 5.67. The Hall–Kier alpha value is -1.82. The van der Waals surface area contributed by atoms with Crippen LogP contribution in [0.3, 0.4) is 0 Å². The van der Waals surface area contributed by atoms with Crippen molar-refractivity contribution in [3.05, 3.63) is 29.6 Å². The Labute approximate surface area is 131 Å². The van der Waals surface area contributed by atoms with Gasteiger partial charge in [-0.2, -0.15) is 0 Å². The molecular formula is C16H25FN2O3. The maximum absolute atomic E-state index is 13.2. The van der Waals surface area contributed by atoms with Crippen molar-refractivity contribution in [2.24, 2.45) is 5.73 Å². The second kappa shape index (κ2) is 7.98. The summed E-state index contributed by atoms with van der Waals surface area (Å²) in [6, 6.07) is 3.96. The van der Waals surface area contributed by atoms with Crippen LogP contribution in [0, 0.1) is 5.82 Å². The van der Waals surface area contributed by atoms with Crippen molar-refractivity contribution >= 4 is 6.09 Å². The molecule has 1 aromatic carbocycles. The summed E-state index contributed by atoms with van der Waals surface area (Å²) in [6.07, 6.45) is 0.153. The van der Waals surface area contributed by atoms with Crippen LogP contribution in [0.25, 0.3) is 0 Å². The number of nitrogens with two attached hydrogens (primary N) is 1. The predicted molar refractivity (Wildman–Crippen MR) is 83.4 cm³/mol. The minimum atomic E-state index is -0.513. The zero-order chi connectivity index (χ0) is 16.8. The van der Waals surface area contributed by atoms with E-state index in [4.69, 9.17) is 15.2 Å². The fraction of sp³-hybridized carbons (Fsp3) is 0.562. The van der Waals surface area contributed by atoms with E-state index in [0.29, 0.717) is 30.9 Å². The van der Waals surface area contributed by atoms with Gasteiger partial charge in [0.05, 0.1) is 6.61 Å². The van der Waals surface area contributed by atoms with E-state index in [9.17, 15) is 9.18 Å². The molecule has 0 saturated heterocycles. The third kappa shape index (κ3) is 6.76. The second-order valence-corrected chi connectivity index (χ2v) is 6.10. The Balaban J connectivity index is 2.35. The molecule has 0 aliphatic carbocycles. The fourth-order valence-corrected chi connectivity index (χ4v) is 1.77. The van der Waals surface area contributed by atoms with E-state index in [-0.39, 0.29) is 11.9 Å². The van der Waals surface area contributed by atoms with Gasteiger partial charge in [0.2, 0.25) is 0 Å². The van der Waals surface area contributed by atoms with Crippen molar-refractivity contribution in [3.8, 4) is 5.75 Å². The van der Waals surface area contributed by atoms with E-state index in [1.807, 2.05) is 0 Å². The maximum Gasteiger partial charge on any atom is 0.407 e. The highest BCUT2D eigenvalue weighted by Crippen LogP contribution is 2.24. The molecule has 0 heterocycles. The topological polar surface area (TPSA) is 73.6 Å². The lowest BCUT2D eigenvalue weighted by molar-refractivity contribution is 0.0525. The number of rotatable bonds is 6. The molecule has 0 unspecified atom stereocenters. The number of carbonyl (C=O) groups is 1. The van der Waals surface area contributed by atoms with Crippen LogP contribution in [0.5, 0.6) is 5.75 Å². The van der Waals surface area contributed by atoms with Gasteiger partial charge in [0.1, 0.15) is 17.2 Å². The lowest BCUT2D eigenvalue weighted by Gasteiger charge is -2.19. The van der Waals surface area contributed by atoms with E-state index in [0.717, 1.165) is 0 Å². The Morgan fingerprint density at radius 2 is 2.09 bits per heavy atom. The van der Waals surface area contributed by atoms with Crippen molar-refractivity contribution in [3.63, 3.8) is 0 Å². The second-order valence-electron chi connectivity index (χ2n) is 6.10. The van der Waals surface area contributed by atoms with Crippen LogP contribution in [-0.4, -0.2) is 24.8 Å². The molecule has 3 N–H and O–H groups in total. The number of alkyl carbamates (subject to hydrolysis) is 1. The highest BCUT2D eigenvalue weighted by atomic mass is 19.1. The summed E-state index contributed by atoms with van der Waals surface area (Å²) in [5.74, 6) is 0.222. The summed E-state index contributed by atoms with van der Waals surface area (Å²) in [6.45, 7) is 8.01. The molecule has 0 spiro atoms. The molecule has 5 nitrogen and oxygen atoms in total. The summed E-state index contributed by atoms with van der Waals surface area (Å²) >= 11 is 0. The van der Waals surface area contributed by atoms with Gasteiger partial charge in [0.25, 0.3) is 0 Å². The Bertz CT molecular complexity index is 499. The Kier molecular flexibility index (Phi) is 6.61. The summed E-state index contributed by atoms with van der Waals surface area (Å²) in [7, 11) is 0. The van der Waals surface area contributed by atoms with Crippen LogP contribution in [0.2, 0.25) is 0 Å². The van der Waals surface area contributed by atoms with E-state index in [1.165, 1.54) is 12.1 Å². The van der Waals surface area contributed by atoms with Crippen molar-refractivity contribution < 1.29 is 18.7 Å². The molecule has 1 aromatic rings. The van der Waals surface area contributed by atoms with E-state index in [2.05, 4.69) is 5.32 Å². The minimum absolute atomic E-state index is 0.314. The van der Waals surface area contributed by atoms with Gasteiger partial charge in [0.15, 0.2) is 0 Å². The van der Waals surface area contributed by atoms with Crippen molar-refractivity contribution in [2.45, 2.75) is 45.8 Å². The summed E-state index contributed by atoms with van der Waals surface area (Å²) in [5, 5.41) is 2.65. The summed E-state index contributed by atoms with van der Waals surface area (Å²) in [5.41, 5.74) is 5.90. The highest BCUT2D eigenvalue weighted by Gasteiger charge is 2.15. The van der Waals surface area contributed by atoms with Gasteiger partial charge in [0, 0.05) is 18.2 Å². The zero-order valence-electron chi connectivity index (χ0n) is 13.6. The number of amides is 1.